The van der Waals surface area contributed by atoms with Crippen LogP contribution in [0.5, 0.6) is 0 Å². The van der Waals surface area contributed by atoms with Crippen LogP contribution in [0.3, 0.4) is 0 Å². The van der Waals surface area contributed by atoms with Crippen molar-refractivity contribution in [1.82, 2.24) is 5.32 Å². The molecular weight excluding hydrogens is 154 g/mol. The van der Waals surface area contributed by atoms with E-state index in [0.29, 0.717) is 0 Å². The van der Waals surface area contributed by atoms with Gasteiger partial charge in [0.05, 0.1) is 18.3 Å². The van der Waals surface area contributed by atoms with Gasteiger partial charge in [0, 0.05) is 6.54 Å². The molecule has 0 radical (unpaired) electrons. The molecule has 2 N–H and O–H groups in total. The van der Waals surface area contributed by atoms with E-state index >= 15 is 0 Å². The molecule has 1 heterocycles. The monoisotopic (exact) mass is 173 g/mol. The summed E-state index contributed by atoms with van der Waals surface area (Å²) in [5, 5.41) is 12.3. The molecule has 0 bridgehead atoms. The van der Waals surface area contributed by atoms with E-state index in [9.17, 15) is 0 Å². The molecule has 3 nitrogen and oxygen atoms in total. The average Bonchev–Trinajstić information content (AvgIpc) is 2.06. The molecule has 1 unspecified atom stereocenters. The third kappa shape index (κ3) is 3.09. The van der Waals surface area contributed by atoms with Crippen molar-refractivity contribution in [2.75, 3.05) is 19.7 Å². The first-order valence-corrected chi connectivity index (χ1v) is 4.63. The van der Waals surface area contributed by atoms with Crippen molar-refractivity contribution >= 4 is 0 Å². The van der Waals surface area contributed by atoms with Gasteiger partial charge in [-0.2, -0.15) is 0 Å². The summed E-state index contributed by atoms with van der Waals surface area (Å²) < 4.78 is 5.72. The molecule has 0 aromatic rings. The second-order valence-electron chi connectivity index (χ2n) is 4.00. The van der Waals surface area contributed by atoms with Crippen LogP contribution in [0.25, 0.3) is 0 Å². The van der Waals surface area contributed by atoms with Gasteiger partial charge in [-0.1, -0.05) is 0 Å². The lowest BCUT2D eigenvalue weighted by molar-refractivity contribution is -0.103. The maximum Gasteiger partial charge on any atom is 0.0860 e. The molecule has 0 spiro atoms. The molecule has 3 heteroatoms. The van der Waals surface area contributed by atoms with Crippen molar-refractivity contribution in [3.05, 3.63) is 0 Å². The summed E-state index contributed by atoms with van der Waals surface area (Å²) in [5.74, 6) is 0. The molecule has 0 aromatic heterocycles. The number of aliphatic hydroxyl groups is 1. The molecule has 0 saturated carbocycles. The topological polar surface area (TPSA) is 41.5 Å². The Morgan fingerprint density at radius 3 is 2.83 bits per heavy atom. The molecular formula is C9H19NO2. The summed E-state index contributed by atoms with van der Waals surface area (Å²) in [5.41, 5.74) is -0.385. The van der Waals surface area contributed by atoms with E-state index in [2.05, 4.69) is 5.32 Å². The number of ether oxygens (including phenoxy) is 1. The van der Waals surface area contributed by atoms with Crippen molar-refractivity contribution in [1.29, 1.82) is 0 Å². The lowest BCUT2D eigenvalue weighted by Gasteiger charge is -2.31. The SMILES string of the molecule is CC(C)(CO)OC1CCCNC1. The van der Waals surface area contributed by atoms with Gasteiger partial charge in [0.25, 0.3) is 0 Å². The molecule has 1 aliphatic heterocycles. The van der Waals surface area contributed by atoms with E-state index in [-0.39, 0.29) is 18.3 Å². The van der Waals surface area contributed by atoms with Gasteiger partial charge in [0.15, 0.2) is 0 Å². The van der Waals surface area contributed by atoms with Crippen molar-refractivity contribution in [3.63, 3.8) is 0 Å². The first-order valence-electron chi connectivity index (χ1n) is 4.63. The predicted octanol–water partition coefficient (Wildman–Crippen LogP) is 0.526. The van der Waals surface area contributed by atoms with Gasteiger partial charge in [-0.15, -0.1) is 0 Å². The largest absolute Gasteiger partial charge is 0.393 e. The first kappa shape index (κ1) is 9.96. The van der Waals surface area contributed by atoms with Crippen LogP contribution in [0, 0.1) is 0 Å². The van der Waals surface area contributed by atoms with Gasteiger partial charge >= 0.3 is 0 Å². The standard InChI is InChI=1S/C9H19NO2/c1-9(2,7-11)12-8-4-3-5-10-6-8/h8,10-11H,3-7H2,1-2H3. The number of rotatable bonds is 3. The Bertz CT molecular complexity index is 130. The lowest BCUT2D eigenvalue weighted by atomic mass is 10.1. The highest BCUT2D eigenvalue weighted by atomic mass is 16.5. The van der Waals surface area contributed by atoms with E-state index in [1.165, 1.54) is 6.42 Å². The summed E-state index contributed by atoms with van der Waals surface area (Å²) in [7, 11) is 0. The van der Waals surface area contributed by atoms with E-state index in [1.54, 1.807) is 0 Å². The van der Waals surface area contributed by atoms with Gasteiger partial charge in [-0.25, -0.2) is 0 Å². The van der Waals surface area contributed by atoms with Crippen LogP contribution in [0.4, 0.5) is 0 Å². The fourth-order valence-electron chi connectivity index (χ4n) is 1.41. The van der Waals surface area contributed by atoms with Gasteiger partial charge in [0.2, 0.25) is 0 Å². The fraction of sp³-hybridized carbons (Fsp3) is 1.00. The quantitative estimate of drug-likeness (QED) is 0.654. The third-order valence-electron chi connectivity index (χ3n) is 2.12. The molecule has 0 aliphatic carbocycles. The zero-order valence-corrected chi connectivity index (χ0v) is 7.97. The highest BCUT2D eigenvalue weighted by Crippen LogP contribution is 2.15. The van der Waals surface area contributed by atoms with Crippen molar-refractivity contribution in [2.24, 2.45) is 0 Å². The zero-order valence-electron chi connectivity index (χ0n) is 7.97. The van der Waals surface area contributed by atoms with Crippen molar-refractivity contribution < 1.29 is 9.84 Å². The van der Waals surface area contributed by atoms with Crippen LogP contribution in [0.2, 0.25) is 0 Å². The summed E-state index contributed by atoms with van der Waals surface area (Å²) in [6, 6.07) is 0. The molecule has 0 amide bonds. The number of hydrogen-bond acceptors (Lipinski definition) is 3. The molecule has 1 aliphatic rings. The van der Waals surface area contributed by atoms with Gasteiger partial charge in [0.1, 0.15) is 0 Å². The Morgan fingerprint density at radius 2 is 2.33 bits per heavy atom. The molecule has 1 saturated heterocycles. The predicted molar refractivity (Wildman–Crippen MR) is 48.1 cm³/mol. The summed E-state index contributed by atoms with van der Waals surface area (Å²) >= 11 is 0. The fourth-order valence-corrected chi connectivity index (χ4v) is 1.41. The number of aliphatic hydroxyl groups excluding tert-OH is 1. The van der Waals surface area contributed by atoms with Crippen LogP contribution < -0.4 is 5.32 Å². The molecule has 72 valence electrons. The number of nitrogens with one attached hydrogen (secondary N) is 1. The number of piperidine rings is 1. The highest BCUT2D eigenvalue weighted by molar-refractivity contribution is 4.75. The summed E-state index contributed by atoms with van der Waals surface area (Å²) in [6.07, 6.45) is 2.56. The minimum atomic E-state index is -0.385. The smallest absolute Gasteiger partial charge is 0.0860 e. The lowest BCUT2D eigenvalue weighted by Crippen LogP contribution is -2.42. The Balaban J connectivity index is 2.28. The van der Waals surface area contributed by atoms with Crippen LogP contribution >= 0.6 is 0 Å². The normalized spacial score (nSPS) is 25.8. The Kier molecular flexibility index (Phi) is 3.50. The van der Waals surface area contributed by atoms with Gasteiger partial charge in [-0.3, -0.25) is 0 Å². The first-order chi connectivity index (χ1) is 5.64. The Morgan fingerprint density at radius 1 is 1.58 bits per heavy atom. The Hall–Kier alpha value is -0.120. The van der Waals surface area contributed by atoms with E-state index in [0.717, 1.165) is 19.5 Å². The van der Waals surface area contributed by atoms with Crippen LogP contribution in [0.15, 0.2) is 0 Å². The van der Waals surface area contributed by atoms with E-state index in [1.807, 2.05) is 13.8 Å². The van der Waals surface area contributed by atoms with Crippen LogP contribution in [-0.4, -0.2) is 36.5 Å². The highest BCUT2D eigenvalue weighted by Gasteiger charge is 2.23. The Labute approximate surface area is 74.1 Å². The van der Waals surface area contributed by atoms with Gasteiger partial charge in [-0.05, 0) is 33.2 Å². The minimum absolute atomic E-state index is 0.0868. The summed E-state index contributed by atoms with van der Waals surface area (Å²) in [4.78, 5) is 0. The number of hydrogen-bond donors (Lipinski definition) is 2. The maximum absolute atomic E-state index is 8.98. The molecule has 0 aromatic carbocycles. The second-order valence-corrected chi connectivity index (χ2v) is 4.00. The molecule has 1 rings (SSSR count). The van der Waals surface area contributed by atoms with Gasteiger partial charge < -0.3 is 15.2 Å². The zero-order chi connectivity index (χ0) is 9.03. The molecule has 1 atom stereocenters. The molecule has 1 fully saturated rings. The van der Waals surface area contributed by atoms with Crippen LogP contribution in [-0.2, 0) is 4.74 Å². The van der Waals surface area contributed by atoms with Crippen LogP contribution in [0.1, 0.15) is 26.7 Å². The summed E-state index contributed by atoms with van der Waals surface area (Å²) in [6.45, 7) is 5.94. The van der Waals surface area contributed by atoms with Crippen molar-refractivity contribution in [3.8, 4) is 0 Å². The second kappa shape index (κ2) is 4.21. The molecule has 12 heavy (non-hydrogen) atoms. The van der Waals surface area contributed by atoms with E-state index < -0.39 is 0 Å². The third-order valence-corrected chi connectivity index (χ3v) is 2.12. The van der Waals surface area contributed by atoms with Crippen molar-refractivity contribution in [2.45, 2.75) is 38.4 Å². The van der Waals surface area contributed by atoms with E-state index in [4.69, 9.17) is 9.84 Å². The average molecular weight is 173 g/mol. The minimum Gasteiger partial charge on any atom is -0.393 e. The maximum atomic E-state index is 8.98.